The summed E-state index contributed by atoms with van der Waals surface area (Å²) in [7, 11) is 0. The summed E-state index contributed by atoms with van der Waals surface area (Å²) in [6.45, 7) is 2.67. The van der Waals surface area contributed by atoms with Gasteiger partial charge in [-0.05, 0) is 37.1 Å². The first-order valence-corrected chi connectivity index (χ1v) is 6.54. The van der Waals surface area contributed by atoms with Gasteiger partial charge in [-0.1, -0.05) is 6.92 Å². The van der Waals surface area contributed by atoms with E-state index in [-0.39, 0.29) is 12.8 Å². The highest BCUT2D eigenvalue weighted by molar-refractivity contribution is 5.94. The van der Waals surface area contributed by atoms with Crippen molar-refractivity contribution in [1.29, 1.82) is 0 Å². The Bertz CT molecular complexity index is 445. The molecule has 4 N–H and O–H groups in total. The molecule has 1 amide bonds. The Morgan fingerprint density at radius 2 is 2.00 bits per heavy atom. The lowest BCUT2D eigenvalue weighted by Crippen LogP contribution is -2.36. The highest BCUT2D eigenvalue weighted by atomic mass is 16.5. The van der Waals surface area contributed by atoms with Crippen LogP contribution in [-0.4, -0.2) is 29.6 Å². The lowest BCUT2D eigenvalue weighted by Gasteiger charge is -2.11. The van der Waals surface area contributed by atoms with Crippen molar-refractivity contribution in [3.8, 4) is 5.75 Å². The Labute approximate surface area is 117 Å². The number of carboxylic acid groups (broad SMARTS) is 1. The quantitative estimate of drug-likeness (QED) is 0.671. The molecule has 0 aliphatic carbocycles. The molecule has 1 aromatic rings. The molecule has 6 nitrogen and oxygen atoms in total. The molecule has 0 aliphatic heterocycles. The van der Waals surface area contributed by atoms with Crippen LogP contribution in [0.25, 0.3) is 0 Å². The highest BCUT2D eigenvalue weighted by Crippen LogP contribution is 2.16. The third-order valence-electron chi connectivity index (χ3n) is 2.60. The number of hydrogen-bond acceptors (Lipinski definition) is 4. The standard InChI is InChI=1S/C14H20N2O4/c1-2-9-20-11-5-3-10(4-6-11)16-14(19)12(15)7-8-13(17)18/h3-6,12H,2,7-9,15H2,1H3,(H,16,19)(H,17,18). The van der Waals surface area contributed by atoms with Crippen LogP contribution >= 0.6 is 0 Å². The van der Waals surface area contributed by atoms with Gasteiger partial charge in [0.05, 0.1) is 12.6 Å². The molecule has 0 heterocycles. The number of carbonyl (C=O) groups is 2. The van der Waals surface area contributed by atoms with Crippen molar-refractivity contribution in [1.82, 2.24) is 0 Å². The van der Waals surface area contributed by atoms with Gasteiger partial charge in [0.1, 0.15) is 5.75 Å². The smallest absolute Gasteiger partial charge is 0.303 e. The topological polar surface area (TPSA) is 102 Å². The highest BCUT2D eigenvalue weighted by Gasteiger charge is 2.14. The van der Waals surface area contributed by atoms with Crippen LogP contribution in [0.15, 0.2) is 24.3 Å². The third kappa shape index (κ3) is 5.71. The molecule has 0 aromatic heterocycles. The zero-order chi connectivity index (χ0) is 15.0. The van der Waals surface area contributed by atoms with E-state index in [0.29, 0.717) is 12.3 Å². The largest absolute Gasteiger partial charge is 0.494 e. The van der Waals surface area contributed by atoms with Crippen LogP contribution in [0.3, 0.4) is 0 Å². The average Bonchev–Trinajstić information content (AvgIpc) is 2.43. The molecule has 0 radical (unpaired) electrons. The Morgan fingerprint density at radius 3 is 2.55 bits per heavy atom. The number of benzene rings is 1. The Morgan fingerprint density at radius 1 is 1.35 bits per heavy atom. The van der Waals surface area contributed by atoms with Gasteiger partial charge in [-0.15, -0.1) is 0 Å². The summed E-state index contributed by atoms with van der Waals surface area (Å²) in [5, 5.41) is 11.2. The minimum Gasteiger partial charge on any atom is -0.494 e. The minimum atomic E-state index is -0.967. The number of ether oxygens (including phenoxy) is 1. The normalized spacial score (nSPS) is 11.7. The number of anilines is 1. The monoisotopic (exact) mass is 280 g/mol. The second-order valence-corrected chi connectivity index (χ2v) is 4.40. The first-order valence-electron chi connectivity index (χ1n) is 6.54. The second-order valence-electron chi connectivity index (χ2n) is 4.40. The summed E-state index contributed by atoms with van der Waals surface area (Å²) in [5.41, 5.74) is 6.21. The second kappa shape index (κ2) is 8.16. The van der Waals surface area contributed by atoms with Crippen LogP contribution in [0.5, 0.6) is 5.75 Å². The zero-order valence-corrected chi connectivity index (χ0v) is 11.5. The maximum atomic E-state index is 11.7. The lowest BCUT2D eigenvalue weighted by atomic mass is 10.1. The van der Waals surface area contributed by atoms with E-state index in [1.807, 2.05) is 6.92 Å². The first-order chi connectivity index (χ1) is 9.52. The van der Waals surface area contributed by atoms with Crippen molar-refractivity contribution in [3.05, 3.63) is 24.3 Å². The number of aliphatic carboxylic acids is 1. The fraction of sp³-hybridized carbons (Fsp3) is 0.429. The molecule has 0 spiro atoms. The molecule has 0 fully saturated rings. The molecule has 1 aromatic carbocycles. The van der Waals surface area contributed by atoms with E-state index in [0.717, 1.165) is 12.2 Å². The average molecular weight is 280 g/mol. The first kappa shape index (κ1) is 16.0. The summed E-state index contributed by atoms with van der Waals surface area (Å²) in [4.78, 5) is 22.1. The molecule has 0 saturated heterocycles. The predicted octanol–water partition coefficient (Wildman–Crippen LogP) is 1.61. The van der Waals surface area contributed by atoms with Crippen molar-refractivity contribution in [2.75, 3.05) is 11.9 Å². The van der Waals surface area contributed by atoms with E-state index in [1.54, 1.807) is 24.3 Å². The summed E-state index contributed by atoms with van der Waals surface area (Å²) >= 11 is 0. The fourth-order valence-electron chi connectivity index (χ4n) is 1.50. The van der Waals surface area contributed by atoms with Crippen molar-refractivity contribution in [3.63, 3.8) is 0 Å². The Kier molecular flexibility index (Phi) is 6.52. The number of amides is 1. The van der Waals surface area contributed by atoms with Gasteiger partial charge in [0.15, 0.2) is 0 Å². The van der Waals surface area contributed by atoms with E-state index < -0.39 is 17.9 Å². The van der Waals surface area contributed by atoms with Crippen LogP contribution in [0.4, 0.5) is 5.69 Å². The number of nitrogens with two attached hydrogens (primary N) is 1. The maximum absolute atomic E-state index is 11.7. The van der Waals surface area contributed by atoms with Gasteiger partial charge in [0.2, 0.25) is 5.91 Å². The van der Waals surface area contributed by atoms with Crippen molar-refractivity contribution < 1.29 is 19.4 Å². The van der Waals surface area contributed by atoms with Crippen molar-refractivity contribution >= 4 is 17.6 Å². The van der Waals surface area contributed by atoms with Crippen molar-refractivity contribution in [2.24, 2.45) is 5.73 Å². The van der Waals surface area contributed by atoms with Crippen molar-refractivity contribution in [2.45, 2.75) is 32.2 Å². The lowest BCUT2D eigenvalue weighted by molar-refractivity contribution is -0.137. The van der Waals surface area contributed by atoms with E-state index in [9.17, 15) is 9.59 Å². The fourth-order valence-corrected chi connectivity index (χ4v) is 1.50. The molecule has 1 rings (SSSR count). The van der Waals surface area contributed by atoms with E-state index in [1.165, 1.54) is 0 Å². The van der Waals surface area contributed by atoms with E-state index >= 15 is 0 Å². The van der Waals surface area contributed by atoms with E-state index in [4.69, 9.17) is 15.6 Å². The SMILES string of the molecule is CCCOc1ccc(NC(=O)C(N)CCC(=O)O)cc1. The number of carbonyl (C=O) groups excluding carboxylic acids is 1. The Hall–Kier alpha value is -2.08. The molecule has 110 valence electrons. The maximum Gasteiger partial charge on any atom is 0.303 e. The van der Waals surface area contributed by atoms with Gasteiger partial charge in [-0.25, -0.2) is 0 Å². The molecule has 6 heteroatoms. The minimum absolute atomic E-state index is 0.110. The molecule has 0 aliphatic rings. The predicted molar refractivity (Wildman–Crippen MR) is 75.7 cm³/mol. The van der Waals surface area contributed by atoms with Crippen LogP contribution in [0.2, 0.25) is 0 Å². The van der Waals surface area contributed by atoms with Gasteiger partial charge < -0.3 is 20.9 Å². The number of hydrogen-bond donors (Lipinski definition) is 3. The van der Waals surface area contributed by atoms with Gasteiger partial charge in [-0.3, -0.25) is 9.59 Å². The van der Waals surface area contributed by atoms with Crippen LogP contribution in [-0.2, 0) is 9.59 Å². The van der Waals surface area contributed by atoms with Crippen LogP contribution in [0.1, 0.15) is 26.2 Å². The molecule has 20 heavy (non-hydrogen) atoms. The van der Waals surface area contributed by atoms with Gasteiger partial charge in [-0.2, -0.15) is 0 Å². The third-order valence-corrected chi connectivity index (χ3v) is 2.60. The van der Waals surface area contributed by atoms with Crippen LogP contribution in [0, 0.1) is 0 Å². The molecule has 1 atom stereocenters. The van der Waals surface area contributed by atoms with Gasteiger partial charge in [0.25, 0.3) is 0 Å². The van der Waals surface area contributed by atoms with Gasteiger partial charge in [0, 0.05) is 12.1 Å². The summed E-state index contributed by atoms with van der Waals surface area (Å²) < 4.78 is 5.42. The number of nitrogens with one attached hydrogen (secondary N) is 1. The van der Waals surface area contributed by atoms with Crippen LogP contribution < -0.4 is 15.8 Å². The summed E-state index contributed by atoms with van der Waals surface area (Å²) in [6.07, 6.45) is 0.911. The molecule has 0 bridgehead atoms. The molecular formula is C14H20N2O4. The van der Waals surface area contributed by atoms with E-state index in [2.05, 4.69) is 5.32 Å². The number of rotatable bonds is 8. The summed E-state index contributed by atoms with van der Waals surface area (Å²) in [6, 6.07) is 6.11. The molecule has 1 unspecified atom stereocenters. The van der Waals surface area contributed by atoms with Gasteiger partial charge >= 0.3 is 5.97 Å². The molecular weight excluding hydrogens is 260 g/mol. The molecule has 0 saturated carbocycles. The Balaban J connectivity index is 2.46. The number of carboxylic acids is 1. The zero-order valence-electron chi connectivity index (χ0n) is 11.5. The summed E-state index contributed by atoms with van der Waals surface area (Å²) in [5.74, 6) is -0.626.